The quantitative estimate of drug-likeness (QED) is 0.0408. The smallest absolute Gasteiger partial charge is 0.343 e. The van der Waals surface area contributed by atoms with Crippen molar-refractivity contribution in [3.8, 4) is 47.3 Å². The molecule has 0 saturated heterocycles. The van der Waals surface area contributed by atoms with E-state index < -0.39 is 92.7 Å². The Kier molecular flexibility index (Phi) is 24.9. The molecule has 8 aromatic carbocycles. The highest BCUT2D eigenvalue weighted by Gasteiger charge is 2.19. The Labute approximate surface area is 498 Å². The first-order valence-electron chi connectivity index (χ1n) is 25.5. The Morgan fingerprint density at radius 1 is 0.398 bits per heavy atom. The van der Waals surface area contributed by atoms with E-state index in [1.54, 1.807) is 103 Å². The van der Waals surface area contributed by atoms with Crippen LogP contribution in [-0.4, -0.2) is 23.9 Å². The second-order valence-electron chi connectivity index (χ2n) is 17.7. The van der Waals surface area contributed by atoms with Crippen LogP contribution in [0, 0.1) is 91.9 Å². The lowest BCUT2D eigenvalue weighted by atomic mass is 10.1. The van der Waals surface area contributed by atoms with Gasteiger partial charge in [-0.3, -0.25) is 0 Å². The summed E-state index contributed by atoms with van der Waals surface area (Å²) in [5.41, 5.74) is 1.88. The van der Waals surface area contributed by atoms with Gasteiger partial charge in [0.2, 0.25) is 0 Å². The zero-order valence-corrected chi connectivity index (χ0v) is 46.1. The molecule has 0 heterocycles. The van der Waals surface area contributed by atoms with E-state index in [-0.39, 0.29) is 45.3 Å². The molecule has 0 N–H and O–H groups in total. The van der Waals surface area contributed by atoms with Gasteiger partial charge in [0, 0.05) is 48.5 Å². The van der Waals surface area contributed by atoms with E-state index in [2.05, 4.69) is 19.7 Å². The van der Waals surface area contributed by atoms with Crippen molar-refractivity contribution in [3.63, 3.8) is 0 Å². The summed E-state index contributed by atoms with van der Waals surface area (Å²) in [6, 6.07) is 38.1. The molecule has 0 aromatic heterocycles. The number of benzene rings is 8. The predicted octanol–water partition coefficient (Wildman–Crippen LogP) is 15.7. The van der Waals surface area contributed by atoms with Gasteiger partial charge in [0.15, 0.2) is 0 Å². The van der Waals surface area contributed by atoms with E-state index in [4.69, 9.17) is 40.0 Å². The van der Waals surface area contributed by atoms with Crippen molar-refractivity contribution in [1.29, 1.82) is 21.0 Å². The van der Waals surface area contributed by atoms with E-state index in [0.717, 1.165) is 83.6 Å². The number of hydrogen-bond donors (Lipinski definition) is 0. The maximum absolute atomic E-state index is 13.5. The van der Waals surface area contributed by atoms with Crippen molar-refractivity contribution in [2.75, 3.05) is 0 Å². The van der Waals surface area contributed by atoms with Crippen LogP contribution in [0.25, 0.3) is 12.2 Å². The number of allylic oxidation sites excluding steroid dienone is 3. The number of nitriles is 4. The maximum atomic E-state index is 13.5. The number of esters is 4. The topological polar surface area (TPSA) is 200 Å². The molecular formula is C68H44F8N4O8. The van der Waals surface area contributed by atoms with E-state index in [1.807, 2.05) is 19.1 Å². The normalized spacial score (nSPS) is 10.0. The molecular weight excluding hydrogens is 1150 g/mol. The molecule has 12 nitrogen and oxygen atoms in total. The van der Waals surface area contributed by atoms with E-state index in [0.29, 0.717) is 6.42 Å². The minimum Gasteiger partial charge on any atom is -0.423 e. The number of halogens is 8. The highest BCUT2D eigenvalue weighted by atomic mass is 19.2. The Hall–Kier alpha value is -12.0. The summed E-state index contributed by atoms with van der Waals surface area (Å²) in [4.78, 5) is 47.6. The van der Waals surface area contributed by atoms with Crippen LogP contribution in [0.1, 0.15) is 99.3 Å². The second-order valence-corrected chi connectivity index (χ2v) is 17.7. The summed E-state index contributed by atoms with van der Waals surface area (Å²) in [6.07, 6.45) is 11.2. The second kappa shape index (κ2) is 32.7. The SMILES string of the molecule is C/C=C/c1ccc(C(=O)Oc2cc(F)c(C#N)c(F)c2)cc1.C=CCCc1ccc(C(=O)Oc2cc(F)c(C#N)c(F)c2)cc1.C=CCc1ccc(C(=O)Oc2cc(F)c(C#N)c(F)c2)cc1.C=Cc1ccc(C(=O)Oc2cc(F)c(C#N)c(F)c2)cc1. The molecule has 0 bridgehead atoms. The highest BCUT2D eigenvalue weighted by Crippen LogP contribution is 2.26. The van der Waals surface area contributed by atoms with E-state index in [1.165, 1.54) is 36.4 Å². The summed E-state index contributed by atoms with van der Waals surface area (Å²) in [6.45, 7) is 12.7. The lowest BCUT2D eigenvalue weighted by molar-refractivity contribution is 0.0724. The largest absolute Gasteiger partial charge is 0.423 e. The van der Waals surface area contributed by atoms with Crippen LogP contribution in [0.4, 0.5) is 35.1 Å². The molecule has 88 heavy (non-hydrogen) atoms. The molecule has 0 radical (unpaired) electrons. The zero-order chi connectivity index (χ0) is 64.5. The van der Waals surface area contributed by atoms with Gasteiger partial charge in [-0.2, -0.15) is 21.0 Å². The fraction of sp³-hybridized carbons (Fsp3) is 0.0588. The fourth-order valence-electron chi connectivity index (χ4n) is 7.22. The lowest BCUT2D eigenvalue weighted by Crippen LogP contribution is -2.09. The molecule has 0 unspecified atom stereocenters. The number of ether oxygens (including phenoxy) is 4. The number of carbonyl (C=O) groups is 4. The third-order valence-corrected chi connectivity index (χ3v) is 11.6. The monoisotopic (exact) mass is 1200 g/mol. The van der Waals surface area contributed by atoms with Crippen molar-refractivity contribution in [3.05, 3.63) is 297 Å². The summed E-state index contributed by atoms with van der Waals surface area (Å²) < 4.78 is 127. The van der Waals surface area contributed by atoms with Gasteiger partial charge in [-0.05, 0) is 97.0 Å². The minimum atomic E-state index is -1.08. The summed E-state index contributed by atoms with van der Waals surface area (Å²) >= 11 is 0. The van der Waals surface area contributed by atoms with Crippen LogP contribution in [0.2, 0.25) is 0 Å². The van der Waals surface area contributed by atoms with Crippen LogP contribution in [0.5, 0.6) is 23.0 Å². The number of aryl methyl sites for hydroxylation is 1. The van der Waals surface area contributed by atoms with Gasteiger partial charge in [0.1, 0.15) is 116 Å². The fourth-order valence-corrected chi connectivity index (χ4v) is 7.22. The Morgan fingerprint density at radius 2 is 0.659 bits per heavy atom. The minimum absolute atomic E-state index is 0.228. The molecule has 0 fully saturated rings. The number of nitrogens with zero attached hydrogens (tertiary/aromatic N) is 4. The molecule has 0 amide bonds. The average molecular weight is 1200 g/mol. The summed E-state index contributed by atoms with van der Waals surface area (Å²) in [7, 11) is 0. The maximum Gasteiger partial charge on any atom is 0.343 e. The van der Waals surface area contributed by atoms with Crippen LogP contribution in [-0.2, 0) is 12.8 Å². The molecule has 0 aliphatic heterocycles. The summed E-state index contributed by atoms with van der Waals surface area (Å²) in [5.74, 6) is -12.8. The number of carbonyl (C=O) groups excluding carboxylic acids is 4. The van der Waals surface area contributed by atoms with Gasteiger partial charge in [0.05, 0.1) is 22.3 Å². The lowest BCUT2D eigenvalue weighted by Gasteiger charge is -2.06. The van der Waals surface area contributed by atoms with Gasteiger partial charge >= 0.3 is 23.9 Å². The van der Waals surface area contributed by atoms with Gasteiger partial charge in [-0.1, -0.05) is 85.5 Å². The molecule has 0 aliphatic carbocycles. The molecule has 0 saturated carbocycles. The predicted molar refractivity (Wildman–Crippen MR) is 307 cm³/mol. The zero-order valence-electron chi connectivity index (χ0n) is 46.1. The number of rotatable bonds is 15. The van der Waals surface area contributed by atoms with Crippen molar-refractivity contribution in [2.24, 2.45) is 0 Å². The van der Waals surface area contributed by atoms with E-state index >= 15 is 0 Å². The Morgan fingerprint density at radius 3 is 0.898 bits per heavy atom. The molecule has 440 valence electrons. The Balaban J connectivity index is 0.000000214. The van der Waals surface area contributed by atoms with Crippen molar-refractivity contribution in [1.82, 2.24) is 0 Å². The van der Waals surface area contributed by atoms with Crippen molar-refractivity contribution in [2.45, 2.75) is 26.2 Å². The standard InChI is InChI=1S/C18H13F2NO2.2C17H11F2NO2.C16H9F2NO2/c1-2-3-4-12-5-7-13(8-6-12)18(22)23-14-9-16(19)15(11-21)17(20)10-14;2*1-2-3-11-4-6-12(7-5-11)17(21)22-13-8-15(18)14(10-20)16(19)9-13;1-2-10-3-5-11(6-4-10)16(20)21-12-7-14(17)13(9-19)15(18)8-12/h2,5-10H,1,3-4H2;2-9H,1H3;2,4-9H,1,3H2;2-8H,1H2/b;3-2+;;. The third kappa shape index (κ3) is 19.0. The van der Waals surface area contributed by atoms with Crippen molar-refractivity contribution >= 4 is 36.0 Å². The first-order valence-corrected chi connectivity index (χ1v) is 25.5. The van der Waals surface area contributed by atoms with Gasteiger partial charge in [-0.15, -0.1) is 13.2 Å². The average Bonchev–Trinajstić information content (AvgIpc) is 3.52. The number of hydrogen-bond acceptors (Lipinski definition) is 12. The molecule has 0 atom stereocenters. The molecule has 8 rings (SSSR count). The molecule has 8 aromatic rings. The Bertz CT molecular complexity index is 4030. The van der Waals surface area contributed by atoms with Crippen LogP contribution in [0.3, 0.4) is 0 Å². The van der Waals surface area contributed by atoms with Crippen LogP contribution < -0.4 is 18.9 Å². The third-order valence-electron chi connectivity index (χ3n) is 11.6. The van der Waals surface area contributed by atoms with E-state index in [9.17, 15) is 54.3 Å². The van der Waals surface area contributed by atoms with Gasteiger partial charge in [-0.25, -0.2) is 54.3 Å². The van der Waals surface area contributed by atoms with Gasteiger partial charge < -0.3 is 18.9 Å². The first kappa shape index (κ1) is 66.8. The molecule has 0 spiro atoms. The highest BCUT2D eigenvalue weighted by molar-refractivity contribution is 5.93. The van der Waals surface area contributed by atoms with Crippen LogP contribution in [0.15, 0.2) is 184 Å². The summed E-state index contributed by atoms with van der Waals surface area (Å²) in [5, 5.41) is 34.3. The molecule has 20 heteroatoms. The van der Waals surface area contributed by atoms with Crippen molar-refractivity contribution < 1.29 is 73.2 Å². The molecule has 0 aliphatic rings. The van der Waals surface area contributed by atoms with Crippen LogP contribution >= 0.6 is 0 Å². The first-order chi connectivity index (χ1) is 42.2. The van der Waals surface area contributed by atoms with Gasteiger partial charge in [0.25, 0.3) is 0 Å².